The van der Waals surface area contributed by atoms with Crippen LogP contribution >= 0.6 is 11.6 Å². The average molecular weight is 272 g/mol. The molecular weight excluding hydrogens is 262 g/mol. The molecule has 0 bridgehead atoms. The van der Waals surface area contributed by atoms with Crippen LogP contribution in [-0.2, 0) is 7.05 Å². The van der Waals surface area contributed by atoms with Gasteiger partial charge in [-0.05, 0) is 25.1 Å². The molecule has 0 atom stereocenters. The minimum Gasteiger partial charge on any atom is -0.338 e. The first-order valence-corrected chi connectivity index (χ1v) is 5.85. The molecule has 19 heavy (non-hydrogen) atoms. The number of hydrogen-bond donors (Lipinski definition) is 1. The quantitative estimate of drug-likeness (QED) is 0.911. The Morgan fingerprint density at radius 2 is 2.05 bits per heavy atom. The maximum Gasteiger partial charge on any atom is 0.146 e. The van der Waals surface area contributed by atoms with Gasteiger partial charge in [-0.1, -0.05) is 11.6 Å². The second-order valence-electron chi connectivity index (χ2n) is 3.97. The molecule has 0 aliphatic rings. The fourth-order valence-corrected chi connectivity index (χ4v) is 1.95. The summed E-state index contributed by atoms with van der Waals surface area (Å²) in [6, 6.07) is 9.08. The van der Waals surface area contributed by atoms with Crippen LogP contribution in [0.1, 0.15) is 16.8 Å². The number of anilines is 2. The summed E-state index contributed by atoms with van der Waals surface area (Å²) in [5.74, 6) is 0.541. The zero-order chi connectivity index (χ0) is 14.0. The van der Waals surface area contributed by atoms with Crippen molar-refractivity contribution in [3.63, 3.8) is 0 Å². The van der Waals surface area contributed by atoms with Crippen molar-refractivity contribution in [2.75, 3.05) is 5.32 Å². The molecule has 0 aliphatic carbocycles. The number of aryl methyl sites for hydroxylation is 2. The fraction of sp³-hybridized carbons (Fsp3) is 0.154. The lowest BCUT2D eigenvalue weighted by Gasteiger charge is -2.09. The van der Waals surface area contributed by atoms with Gasteiger partial charge in [-0.3, -0.25) is 4.68 Å². The van der Waals surface area contributed by atoms with Gasteiger partial charge in [0, 0.05) is 12.1 Å². The molecular formula is C13H10ClN5. The molecule has 2 aromatic rings. The summed E-state index contributed by atoms with van der Waals surface area (Å²) in [6.45, 7) is 1.76. The molecule has 1 N–H and O–H groups in total. The molecule has 0 spiro atoms. The predicted octanol–water partition coefficient (Wildman–Crippen LogP) is 2.87. The molecule has 0 saturated heterocycles. The Bertz CT molecular complexity index is 718. The molecule has 0 aliphatic heterocycles. The lowest BCUT2D eigenvalue weighted by atomic mass is 10.2. The molecule has 94 valence electrons. The summed E-state index contributed by atoms with van der Waals surface area (Å²) in [4.78, 5) is 0. The number of nitriles is 2. The summed E-state index contributed by atoms with van der Waals surface area (Å²) >= 11 is 5.92. The third kappa shape index (κ3) is 2.37. The number of halogens is 1. The van der Waals surface area contributed by atoms with Crippen LogP contribution < -0.4 is 5.32 Å². The van der Waals surface area contributed by atoms with E-state index in [-0.39, 0.29) is 0 Å². The molecule has 6 heteroatoms. The highest BCUT2D eigenvalue weighted by Crippen LogP contribution is 2.27. The standard InChI is InChI=1S/C13H10ClN5/c1-8-11(7-16)13(19(2)18-8)17-12-5-10(14)4-3-9(12)6-15/h3-5,17H,1-2H3. The maximum absolute atomic E-state index is 9.14. The highest BCUT2D eigenvalue weighted by atomic mass is 35.5. The minimum absolute atomic E-state index is 0.450. The lowest BCUT2D eigenvalue weighted by Crippen LogP contribution is -2.02. The minimum atomic E-state index is 0.450. The molecule has 1 aromatic heterocycles. The number of hydrogen-bond acceptors (Lipinski definition) is 4. The van der Waals surface area contributed by atoms with Gasteiger partial charge in [0.05, 0.1) is 16.9 Å². The van der Waals surface area contributed by atoms with Crippen LogP contribution in [0.2, 0.25) is 5.02 Å². The van der Waals surface area contributed by atoms with Gasteiger partial charge in [0.15, 0.2) is 0 Å². The van der Waals surface area contributed by atoms with Crippen LogP contribution in [0.4, 0.5) is 11.5 Å². The van der Waals surface area contributed by atoms with Crippen molar-refractivity contribution < 1.29 is 0 Å². The van der Waals surface area contributed by atoms with E-state index in [4.69, 9.17) is 22.1 Å². The van der Waals surface area contributed by atoms with E-state index in [1.54, 1.807) is 36.9 Å². The van der Waals surface area contributed by atoms with E-state index in [9.17, 15) is 0 Å². The molecule has 0 radical (unpaired) electrons. The van der Waals surface area contributed by atoms with E-state index >= 15 is 0 Å². The zero-order valence-electron chi connectivity index (χ0n) is 10.4. The van der Waals surface area contributed by atoms with Gasteiger partial charge in [0.2, 0.25) is 0 Å². The Kier molecular flexibility index (Phi) is 3.41. The summed E-state index contributed by atoms with van der Waals surface area (Å²) in [5.41, 5.74) is 2.08. The van der Waals surface area contributed by atoms with Gasteiger partial charge in [-0.15, -0.1) is 0 Å². The van der Waals surface area contributed by atoms with Crippen LogP contribution in [0.5, 0.6) is 0 Å². The monoisotopic (exact) mass is 271 g/mol. The molecule has 1 heterocycles. The number of nitrogens with one attached hydrogen (secondary N) is 1. The van der Waals surface area contributed by atoms with E-state index in [0.717, 1.165) is 0 Å². The molecule has 1 aromatic carbocycles. The summed E-state index contributed by atoms with van der Waals surface area (Å²) in [5, 5.41) is 25.9. The Hall–Kier alpha value is -2.50. The molecule has 0 amide bonds. The van der Waals surface area contributed by atoms with Crippen LogP contribution in [0.3, 0.4) is 0 Å². The normalized spacial score (nSPS) is 9.74. The van der Waals surface area contributed by atoms with Crippen molar-refractivity contribution in [1.29, 1.82) is 10.5 Å². The van der Waals surface area contributed by atoms with E-state index < -0.39 is 0 Å². The Labute approximate surface area is 115 Å². The highest BCUT2D eigenvalue weighted by Gasteiger charge is 2.14. The summed E-state index contributed by atoms with van der Waals surface area (Å²) in [7, 11) is 1.73. The van der Waals surface area contributed by atoms with Gasteiger partial charge < -0.3 is 5.32 Å². The smallest absolute Gasteiger partial charge is 0.146 e. The molecule has 0 unspecified atom stereocenters. The van der Waals surface area contributed by atoms with E-state index in [1.165, 1.54) is 0 Å². The molecule has 0 saturated carbocycles. The second kappa shape index (κ2) is 5.01. The fourth-order valence-electron chi connectivity index (χ4n) is 1.78. The SMILES string of the molecule is Cc1nn(C)c(Nc2cc(Cl)ccc2C#N)c1C#N. The maximum atomic E-state index is 9.14. The zero-order valence-corrected chi connectivity index (χ0v) is 11.2. The number of benzene rings is 1. The van der Waals surface area contributed by atoms with Gasteiger partial charge in [-0.2, -0.15) is 15.6 Å². The third-order valence-corrected chi connectivity index (χ3v) is 2.92. The van der Waals surface area contributed by atoms with Gasteiger partial charge in [-0.25, -0.2) is 0 Å². The van der Waals surface area contributed by atoms with Crippen LogP contribution in [0.25, 0.3) is 0 Å². The van der Waals surface area contributed by atoms with Gasteiger partial charge in [0.25, 0.3) is 0 Å². The van der Waals surface area contributed by atoms with Crippen LogP contribution in [0.15, 0.2) is 18.2 Å². The second-order valence-corrected chi connectivity index (χ2v) is 4.41. The molecule has 5 nitrogen and oxygen atoms in total. The topological polar surface area (TPSA) is 77.4 Å². The Morgan fingerprint density at radius 1 is 1.32 bits per heavy atom. The van der Waals surface area contributed by atoms with Crippen molar-refractivity contribution in [3.8, 4) is 12.1 Å². The van der Waals surface area contributed by atoms with E-state index in [1.807, 2.05) is 0 Å². The van der Waals surface area contributed by atoms with Crippen molar-refractivity contribution in [2.24, 2.45) is 7.05 Å². The van der Waals surface area contributed by atoms with Crippen LogP contribution in [0, 0.1) is 29.6 Å². The first-order valence-electron chi connectivity index (χ1n) is 5.47. The van der Waals surface area contributed by atoms with Gasteiger partial charge in [0.1, 0.15) is 23.5 Å². The first kappa shape index (κ1) is 12.9. The number of rotatable bonds is 2. The lowest BCUT2D eigenvalue weighted by molar-refractivity contribution is 0.765. The van der Waals surface area contributed by atoms with Gasteiger partial charge >= 0.3 is 0 Å². The van der Waals surface area contributed by atoms with Crippen molar-refractivity contribution >= 4 is 23.1 Å². The van der Waals surface area contributed by atoms with E-state index in [2.05, 4.69) is 22.6 Å². The highest BCUT2D eigenvalue weighted by molar-refractivity contribution is 6.30. The first-order chi connectivity index (χ1) is 9.06. The number of nitrogens with zero attached hydrogens (tertiary/aromatic N) is 4. The summed E-state index contributed by atoms with van der Waals surface area (Å²) in [6.07, 6.45) is 0. The average Bonchev–Trinajstić information content (AvgIpc) is 2.64. The Morgan fingerprint density at radius 3 is 2.68 bits per heavy atom. The predicted molar refractivity (Wildman–Crippen MR) is 72.1 cm³/mol. The summed E-state index contributed by atoms with van der Waals surface area (Å²) < 4.78 is 1.57. The third-order valence-electron chi connectivity index (χ3n) is 2.69. The van der Waals surface area contributed by atoms with E-state index in [0.29, 0.717) is 33.3 Å². The Balaban J connectivity index is 2.51. The largest absolute Gasteiger partial charge is 0.338 e. The number of aromatic nitrogens is 2. The van der Waals surface area contributed by atoms with Crippen molar-refractivity contribution in [1.82, 2.24) is 9.78 Å². The van der Waals surface area contributed by atoms with Crippen molar-refractivity contribution in [2.45, 2.75) is 6.92 Å². The molecule has 0 fully saturated rings. The van der Waals surface area contributed by atoms with Crippen LogP contribution in [-0.4, -0.2) is 9.78 Å². The molecule has 2 rings (SSSR count). The van der Waals surface area contributed by atoms with Crippen molar-refractivity contribution in [3.05, 3.63) is 40.0 Å².